The minimum absolute atomic E-state index is 0.0193. The van der Waals surface area contributed by atoms with Crippen LogP contribution in [0.1, 0.15) is 48.5 Å². The molecule has 0 aromatic heterocycles. The van der Waals surface area contributed by atoms with Crippen LogP contribution in [-0.4, -0.2) is 42.4 Å². The van der Waals surface area contributed by atoms with Crippen LogP contribution in [0, 0.1) is 5.92 Å². The van der Waals surface area contributed by atoms with Gasteiger partial charge in [-0.1, -0.05) is 19.1 Å². The molecule has 1 aliphatic carbocycles. The third kappa shape index (κ3) is 3.96. The lowest BCUT2D eigenvalue weighted by molar-refractivity contribution is -0.125. The SMILES string of the molecule is CC[C@@H]1[C@@H](C(=O)NCc2cccc(C(=O)NC3CC3)c2)CCN1C. The van der Waals surface area contributed by atoms with Gasteiger partial charge in [0.25, 0.3) is 5.91 Å². The van der Waals surface area contributed by atoms with Crippen molar-refractivity contribution in [2.45, 2.75) is 51.2 Å². The highest BCUT2D eigenvalue weighted by Crippen LogP contribution is 2.25. The van der Waals surface area contributed by atoms with Crippen LogP contribution in [0.15, 0.2) is 24.3 Å². The van der Waals surface area contributed by atoms with Crippen molar-refractivity contribution in [2.24, 2.45) is 5.92 Å². The lowest BCUT2D eigenvalue weighted by atomic mass is 9.97. The molecule has 130 valence electrons. The molecule has 24 heavy (non-hydrogen) atoms. The highest BCUT2D eigenvalue weighted by Gasteiger charge is 2.35. The Kier molecular flexibility index (Phi) is 5.19. The van der Waals surface area contributed by atoms with Crippen molar-refractivity contribution in [3.8, 4) is 0 Å². The average molecular weight is 329 g/mol. The van der Waals surface area contributed by atoms with E-state index in [0.29, 0.717) is 24.2 Å². The molecule has 5 nitrogen and oxygen atoms in total. The number of likely N-dealkylation sites (tertiary alicyclic amines) is 1. The zero-order valence-corrected chi connectivity index (χ0v) is 14.5. The van der Waals surface area contributed by atoms with Crippen LogP contribution in [-0.2, 0) is 11.3 Å². The highest BCUT2D eigenvalue weighted by molar-refractivity contribution is 5.94. The topological polar surface area (TPSA) is 61.4 Å². The molecule has 1 heterocycles. The number of carbonyl (C=O) groups excluding carboxylic acids is 2. The fourth-order valence-electron chi connectivity index (χ4n) is 3.55. The van der Waals surface area contributed by atoms with Gasteiger partial charge in [0.15, 0.2) is 0 Å². The summed E-state index contributed by atoms with van der Waals surface area (Å²) in [6, 6.07) is 8.21. The van der Waals surface area contributed by atoms with Crippen LogP contribution in [0.2, 0.25) is 0 Å². The Bertz CT molecular complexity index is 612. The molecule has 3 rings (SSSR count). The Hall–Kier alpha value is -1.88. The molecule has 0 bridgehead atoms. The lowest BCUT2D eigenvalue weighted by Crippen LogP contribution is -2.38. The van der Waals surface area contributed by atoms with E-state index in [0.717, 1.165) is 37.8 Å². The molecular weight excluding hydrogens is 302 g/mol. The molecule has 2 fully saturated rings. The lowest BCUT2D eigenvalue weighted by Gasteiger charge is -2.22. The molecule has 2 aliphatic rings. The van der Waals surface area contributed by atoms with Gasteiger partial charge in [0.1, 0.15) is 0 Å². The van der Waals surface area contributed by atoms with Gasteiger partial charge < -0.3 is 15.5 Å². The predicted molar refractivity (Wildman–Crippen MR) is 93.6 cm³/mol. The molecule has 2 amide bonds. The molecular formula is C19H27N3O2. The number of benzene rings is 1. The summed E-state index contributed by atoms with van der Waals surface area (Å²) in [5.41, 5.74) is 1.63. The molecule has 1 aromatic rings. The summed E-state index contributed by atoms with van der Waals surface area (Å²) < 4.78 is 0. The van der Waals surface area contributed by atoms with E-state index in [1.807, 2.05) is 24.3 Å². The van der Waals surface area contributed by atoms with Crippen molar-refractivity contribution in [3.63, 3.8) is 0 Å². The van der Waals surface area contributed by atoms with Gasteiger partial charge in [0.2, 0.25) is 5.91 Å². The zero-order valence-electron chi connectivity index (χ0n) is 14.5. The van der Waals surface area contributed by atoms with Gasteiger partial charge in [-0.2, -0.15) is 0 Å². The maximum atomic E-state index is 12.5. The third-order valence-electron chi connectivity index (χ3n) is 5.15. The largest absolute Gasteiger partial charge is 0.352 e. The first-order chi connectivity index (χ1) is 11.6. The van der Waals surface area contributed by atoms with Gasteiger partial charge >= 0.3 is 0 Å². The van der Waals surface area contributed by atoms with Crippen LogP contribution in [0.4, 0.5) is 0 Å². The summed E-state index contributed by atoms with van der Waals surface area (Å²) in [6.07, 6.45) is 4.07. The van der Waals surface area contributed by atoms with Crippen molar-refractivity contribution in [1.82, 2.24) is 15.5 Å². The van der Waals surface area contributed by atoms with E-state index in [9.17, 15) is 9.59 Å². The number of hydrogen-bond donors (Lipinski definition) is 2. The van der Waals surface area contributed by atoms with E-state index in [1.165, 1.54) is 0 Å². The normalized spacial score (nSPS) is 23.9. The maximum Gasteiger partial charge on any atom is 0.251 e. The molecule has 2 atom stereocenters. The third-order valence-corrected chi connectivity index (χ3v) is 5.15. The number of carbonyl (C=O) groups is 2. The van der Waals surface area contributed by atoms with Gasteiger partial charge in [0, 0.05) is 24.2 Å². The molecule has 1 aromatic carbocycles. The molecule has 1 saturated carbocycles. The second kappa shape index (κ2) is 7.34. The smallest absolute Gasteiger partial charge is 0.251 e. The van der Waals surface area contributed by atoms with Crippen molar-refractivity contribution < 1.29 is 9.59 Å². The van der Waals surface area contributed by atoms with Crippen LogP contribution in [0.25, 0.3) is 0 Å². The van der Waals surface area contributed by atoms with Crippen molar-refractivity contribution >= 4 is 11.8 Å². The van der Waals surface area contributed by atoms with E-state index >= 15 is 0 Å². The number of nitrogens with zero attached hydrogens (tertiary/aromatic N) is 1. The maximum absolute atomic E-state index is 12.5. The summed E-state index contributed by atoms with van der Waals surface area (Å²) in [5.74, 6) is 0.175. The summed E-state index contributed by atoms with van der Waals surface area (Å²) in [6.45, 7) is 3.59. The zero-order chi connectivity index (χ0) is 17.1. The van der Waals surface area contributed by atoms with E-state index in [4.69, 9.17) is 0 Å². The van der Waals surface area contributed by atoms with Crippen LogP contribution in [0.3, 0.4) is 0 Å². The quantitative estimate of drug-likeness (QED) is 0.838. The van der Waals surface area contributed by atoms with Crippen LogP contribution in [0.5, 0.6) is 0 Å². The van der Waals surface area contributed by atoms with Crippen LogP contribution < -0.4 is 10.6 Å². The van der Waals surface area contributed by atoms with E-state index in [1.54, 1.807) is 0 Å². The average Bonchev–Trinajstić information content (AvgIpc) is 3.32. The van der Waals surface area contributed by atoms with Gasteiger partial charge in [-0.05, 0) is 57.0 Å². The standard InChI is InChI=1S/C19H27N3O2/c1-3-17-16(9-10-22(17)2)19(24)20-12-13-5-4-6-14(11-13)18(23)21-15-7-8-15/h4-6,11,15-17H,3,7-10,12H2,1-2H3,(H,20,24)(H,21,23)/t16-,17+/m0/s1. The molecule has 1 aliphatic heterocycles. The second-order valence-electron chi connectivity index (χ2n) is 7.02. The fourth-order valence-corrected chi connectivity index (χ4v) is 3.55. The number of hydrogen-bond acceptors (Lipinski definition) is 3. The number of nitrogens with one attached hydrogen (secondary N) is 2. The second-order valence-corrected chi connectivity index (χ2v) is 7.02. The van der Waals surface area contributed by atoms with E-state index in [2.05, 4.69) is 29.5 Å². The first-order valence-corrected chi connectivity index (χ1v) is 8.96. The van der Waals surface area contributed by atoms with E-state index in [-0.39, 0.29) is 17.7 Å². The Labute approximate surface area is 143 Å². The van der Waals surface area contributed by atoms with Crippen LogP contribution >= 0.6 is 0 Å². The van der Waals surface area contributed by atoms with E-state index < -0.39 is 0 Å². The Balaban J connectivity index is 1.56. The van der Waals surface area contributed by atoms with Gasteiger partial charge in [-0.3, -0.25) is 9.59 Å². The molecule has 2 N–H and O–H groups in total. The van der Waals surface area contributed by atoms with Gasteiger partial charge in [-0.25, -0.2) is 0 Å². The van der Waals surface area contributed by atoms with Crippen molar-refractivity contribution in [1.29, 1.82) is 0 Å². The van der Waals surface area contributed by atoms with Gasteiger partial charge in [0.05, 0.1) is 5.92 Å². The molecule has 0 unspecified atom stereocenters. The Morgan fingerprint density at radius 2 is 2.04 bits per heavy atom. The molecule has 5 heteroatoms. The predicted octanol–water partition coefficient (Wildman–Crippen LogP) is 1.93. The summed E-state index contributed by atoms with van der Waals surface area (Å²) in [5, 5.41) is 6.04. The summed E-state index contributed by atoms with van der Waals surface area (Å²) in [7, 11) is 2.09. The number of amides is 2. The number of rotatable bonds is 6. The minimum atomic E-state index is -0.0193. The first-order valence-electron chi connectivity index (χ1n) is 8.96. The van der Waals surface area contributed by atoms with Gasteiger partial charge in [-0.15, -0.1) is 0 Å². The molecule has 0 radical (unpaired) electrons. The summed E-state index contributed by atoms with van der Waals surface area (Å²) >= 11 is 0. The fraction of sp³-hybridized carbons (Fsp3) is 0.579. The van der Waals surface area contributed by atoms with Crippen molar-refractivity contribution in [3.05, 3.63) is 35.4 Å². The van der Waals surface area contributed by atoms with Crippen molar-refractivity contribution in [2.75, 3.05) is 13.6 Å². The Morgan fingerprint density at radius 3 is 2.75 bits per heavy atom. The summed E-state index contributed by atoms with van der Waals surface area (Å²) in [4.78, 5) is 26.9. The molecule has 1 saturated heterocycles. The minimum Gasteiger partial charge on any atom is -0.352 e. The highest BCUT2D eigenvalue weighted by atomic mass is 16.2. The molecule has 0 spiro atoms. The Morgan fingerprint density at radius 1 is 1.25 bits per heavy atom. The first kappa shape index (κ1) is 17.0. The monoisotopic (exact) mass is 329 g/mol.